The highest BCUT2D eigenvalue weighted by atomic mass is 79.9. The van der Waals surface area contributed by atoms with Gasteiger partial charge in [-0.3, -0.25) is 4.79 Å². The first-order valence-corrected chi connectivity index (χ1v) is 10.9. The van der Waals surface area contributed by atoms with Crippen LogP contribution in [0, 0.1) is 6.92 Å². The van der Waals surface area contributed by atoms with Crippen molar-refractivity contribution in [3.05, 3.63) is 98.5 Å². The number of hydrogen-bond donors (Lipinski definition) is 0. The van der Waals surface area contributed by atoms with Gasteiger partial charge in [0.15, 0.2) is 0 Å². The van der Waals surface area contributed by atoms with Gasteiger partial charge in [-0.25, -0.2) is 5.01 Å². The lowest BCUT2D eigenvalue weighted by molar-refractivity contribution is -0.00459. The summed E-state index contributed by atoms with van der Waals surface area (Å²) in [5.74, 6) is 0.575. The molecule has 2 heterocycles. The number of nitrogens with zero attached hydrogens (tertiary/aromatic N) is 2. The molecule has 3 aromatic carbocycles. The summed E-state index contributed by atoms with van der Waals surface area (Å²) >= 11 is 9.54. The summed E-state index contributed by atoms with van der Waals surface area (Å²) in [5, 5.41) is 7.24. The number of benzene rings is 3. The van der Waals surface area contributed by atoms with E-state index in [1.165, 1.54) is 5.56 Å². The van der Waals surface area contributed by atoms with Crippen LogP contribution in [0.3, 0.4) is 0 Å². The minimum absolute atomic E-state index is 0.0659. The van der Waals surface area contributed by atoms with E-state index in [1.54, 1.807) is 29.3 Å². The van der Waals surface area contributed by atoms with Gasteiger partial charge in [0.1, 0.15) is 5.75 Å². The Morgan fingerprint density at radius 1 is 1.10 bits per heavy atom. The summed E-state index contributed by atoms with van der Waals surface area (Å²) in [6.45, 7) is 2.06. The normalized spacial score (nSPS) is 19.6. The maximum Gasteiger partial charge on any atom is 0.251 e. The number of hydrogen-bond acceptors (Lipinski definition) is 4. The van der Waals surface area contributed by atoms with Gasteiger partial charge in [0.25, 0.3) is 6.23 Å². The molecule has 0 amide bonds. The molecule has 0 bridgehead atoms. The van der Waals surface area contributed by atoms with Crippen molar-refractivity contribution >= 4 is 39.0 Å². The maximum atomic E-state index is 13.3. The van der Waals surface area contributed by atoms with E-state index in [0.29, 0.717) is 22.8 Å². The van der Waals surface area contributed by atoms with Crippen LogP contribution in [-0.4, -0.2) is 22.7 Å². The topological polar surface area (TPSA) is 41.9 Å². The molecule has 5 rings (SSSR count). The standard InChI is InChI=1S/C24H18BrClN2O2/c1-14-2-4-15(5-3-14)20-13-21-19-12-17(25)8-11-22(19)30-24(28(21)27-20)23(29)16-6-9-18(26)10-7-16/h2-12,21,24H,13H2,1H3/t21-,24-/m1/s1. The number of aryl methyl sites for hydroxylation is 1. The van der Waals surface area contributed by atoms with Crippen molar-refractivity contribution in [1.29, 1.82) is 0 Å². The van der Waals surface area contributed by atoms with Gasteiger partial charge < -0.3 is 4.74 Å². The first-order chi connectivity index (χ1) is 14.5. The Morgan fingerprint density at radius 2 is 1.83 bits per heavy atom. The molecule has 6 heteroatoms. The number of carbonyl (C=O) groups excluding carboxylic acids is 1. The smallest absolute Gasteiger partial charge is 0.251 e. The van der Waals surface area contributed by atoms with Crippen LogP contribution in [0.5, 0.6) is 5.75 Å². The van der Waals surface area contributed by atoms with E-state index in [-0.39, 0.29) is 11.8 Å². The summed E-state index contributed by atoms with van der Waals surface area (Å²) in [5.41, 5.74) is 4.77. The molecule has 0 spiro atoms. The molecule has 0 N–H and O–H groups in total. The minimum Gasteiger partial charge on any atom is -0.461 e. The molecule has 2 aliphatic heterocycles. The van der Waals surface area contributed by atoms with Crippen molar-refractivity contribution in [2.24, 2.45) is 5.10 Å². The second kappa shape index (κ2) is 7.56. The van der Waals surface area contributed by atoms with E-state index in [2.05, 4.69) is 47.1 Å². The van der Waals surface area contributed by atoms with Gasteiger partial charge in [0, 0.05) is 27.0 Å². The third-order valence-electron chi connectivity index (χ3n) is 5.49. The number of ether oxygens (including phenoxy) is 1. The van der Waals surface area contributed by atoms with Crippen LogP contribution in [0.25, 0.3) is 0 Å². The molecular weight excluding hydrogens is 464 g/mol. The molecule has 0 fully saturated rings. The molecule has 4 nitrogen and oxygen atoms in total. The zero-order valence-corrected chi connectivity index (χ0v) is 18.5. The van der Waals surface area contributed by atoms with E-state index >= 15 is 0 Å². The molecule has 2 atom stereocenters. The van der Waals surface area contributed by atoms with Crippen LogP contribution >= 0.6 is 27.5 Å². The Hall–Kier alpha value is -2.63. The zero-order chi connectivity index (χ0) is 20.8. The number of hydrazone groups is 1. The maximum absolute atomic E-state index is 13.3. The largest absolute Gasteiger partial charge is 0.461 e. The fraction of sp³-hybridized carbons (Fsp3) is 0.167. The van der Waals surface area contributed by atoms with Crippen molar-refractivity contribution in [3.63, 3.8) is 0 Å². The van der Waals surface area contributed by atoms with E-state index < -0.39 is 6.23 Å². The van der Waals surface area contributed by atoms with E-state index in [4.69, 9.17) is 21.4 Å². The molecule has 0 saturated heterocycles. The number of fused-ring (bicyclic) bond motifs is 3. The summed E-state index contributed by atoms with van der Waals surface area (Å²) in [6.07, 6.45) is -0.118. The van der Waals surface area contributed by atoms with Crippen molar-refractivity contribution in [2.45, 2.75) is 25.6 Å². The Kier molecular flexibility index (Phi) is 4.88. The molecule has 2 aliphatic rings. The van der Waals surface area contributed by atoms with Gasteiger partial charge in [-0.05, 0) is 55.0 Å². The average molecular weight is 482 g/mol. The van der Waals surface area contributed by atoms with Crippen molar-refractivity contribution in [3.8, 4) is 5.75 Å². The molecule has 0 saturated carbocycles. The molecule has 0 aliphatic carbocycles. The Morgan fingerprint density at radius 3 is 2.57 bits per heavy atom. The van der Waals surface area contributed by atoms with Gasteiger partial charge in [-0.2, -0.15) is 5.10 Å². The Balaban J connectivity index is 1.57. The van der Waals surface area contributed by atoms with Crippen LogP contribution in [0.2, 0.25) is 5.02 Å². The molecule has 0 radical (unpaired) electrons. The first-order valence-electron chi connectivity index (χ1n) is 9.68. The highest BCUT2D eigenvalue weighted by molar-refractivity contribution is 9.10. The van der Waals surface area contributed by atoms with Gasteiger partial charge in [0.05, 0.1) is 11.8 Å². The third-order valence-corrected chi connectivity index (χ3v) is 6.23. The lowest BCUT2D eigenvalue weighted by Gasteiger charge is -2.37. The zero-order valence-electron chi connectivity index (χ0n) is 16.2. The van der Waals surface area contributed by atoms with Gasteiger partial charge in [-0.1, -0.05) is 57.4 Å². The third kappa shape index (κ3) is 3.42. The minimum atomic E-state index is -0.826. The predicted molar refractivity (Wildman–Crippen MR) is 121 cm³/mol. The quantitative estimate of drug-likeness (QED) is 0.421. The monoisotopic (exact) mass is 480 g/mol. The van der Waals surface area contributed by atoms with Crippen molar-refractivity contribution in [2.75, 3.05) is 0 Å². The number of Topliss-reactive ketones (excluding diaryl/α,β-unsaturated/α-hetero) is 1. The predicted octanol–water partition coefficient (Wildman–Crippen LogP) is 6.16. The van der Waals surface area contributed by atoms with Gasteiger partial charge in [-0.15, -0.1) is 0 Å². The number of halogens is 2. The van der Waals surface area contributed by atoms with Crippen molar-refractivity contribution in [1.82, 2.24) is 5.01 Å². The van der Waals surface area contributed by atoms with Gasteiger partial charge in [0.2, 0.25) is 5.78 Å². The molecule has 0 unspecified atom stereocenters. The Labute approximate surface area is 188 Å². The van der Waals surface area contributed by atoms with E-state index in [1.807, 2.05) is 18.2 Å². The number of carbonyl (C=O) groups is 1. The van der Waals surface area contributed by atoms with Crippen molar-refractivity contribution < 1.29 is 9.53 Å². The average Bonchev–Trinajstić information content (AvgIpc) is 3.19. The molecular formula is C24H18BrClN2O2. The highest BCUT2D eigenvalue weighted by Crippen LogP contribution is 2.44. The lowest BCUT2D eigenvalue weighted by Crippen LogP contribution is -2.45. The second-order valence-corrected chi connectivity index (χ2v) is 8.89. The van der Waals surface area contributed by atoms with E-state index in [9.17, 15) is 4.79 Å². The molecule has 30 heavy (non-hydrogen) atoms. The SMILES string of the molecule is Cc1ccc(C2=NN3[C@@H](C(=O)c4ccc(Cl)cc4)Oc4ccc(Br)cc4[C@H]3C2)cc1. The summed E-state index contributed by atoms with van der Waals surface area (Å²) < 4.78 is 7.13. The molecule has 3 aromatic rings. The van der Waals surface area contributed by atoms with Crippen LogP contribution in [0.15, 0.2) is 76.3 Å². The summed E-state index contributed by atoms with van der Waals surface area (Å²) in [6, 6.07) is 21.0. The number of rotatable bonds is 3. The highest BCUT2D eigenvalue weighted by Gasteiger charge is 2.43. The van der Waals surface area contributed by atoms with Gasteiger partial charge >= 0.3 is 0 Å². The van der Waals surface area contributed by atoms with Crippen LogP contribution < -0.4 is 4.74 Å². The second-order valence-electron chi connectivity index (χ2n) is 7.54. The fourth-order valence-electron chi connectivity index (χ4n) is 3.91. The lowest BCUT2D eigenvalue weighted by atomic mass is 9.95. The Bertz CT molecular complexity index is 1160. The number of ketones is 1. The van der Waals surface area contributed by atoms with E-state index in [0.717, 1.165) is 21.3 Å². The summed E-state index contributed by atoms with van der Waals surface area (Å²) in [4.78, 5) is 13.3. The molecule has 150 valence electrons. The van der Waals surface area contributed by atoms with Crippen LogP contribution in [0.4, 0.5) is 0 Å². The van der Waals surface area contributed by atoms with Crippen LogP contribution in [0.1, 0.15) is 39.5 Å². The van der Waals surface area contributed by atoms with Crippen LogP contribution in [-0.2, 0) is 0 Å². The summed E-state index contributed by atoms with van der Waals surface area (Å²) in [7, 11) is 0. The first kappa shape index (κ1) is 19.3. The molecule has 0 aromatic heterocycles. The fourth-order valence-corrected chi connectivity index (χ4v) is 4.41.